The highest BCUT2D eigenvalue weighted by Gasteiger charge is 2.47. The number of nitrogens with one attached hydrogen (secondary N) is 1. The molecule has 26 heavy (non-hydrogen) atoms. The second kappa shape index (κ2) is 7.29. The van der Waals surface area contributed by atoms with E-state index in [0.717, 1.165) is 12.1 Å². The Hall–Kier alpha value is -2.04. The zero-order valence-electron chi connectivity index (χ0n) is 12.8. The number of halogens is 5. The predicted octanol–water partition coefficient (Wildman–Crippen LogP) is 3.94. The number of alkyl halides is 3. The fourth-order valence-electron chi connectivity index (χ4n) is 1.88. The van der Waals surface area contributed by atoms with Crippen molar-refractivity contribution in [2.24, 2.45) is 0 Å². The molecule has 6 nitrogen and oxygen atoms in total. The summed E-state index contributed by atoms with van der Waals surface area (Å²) in [5.41, 5.74) is -5.82. The summed E-state index contributed by atoms with van der Waals surface area (Å²) in [5.74, 6) is -0.859. The molecule has 0 spiro atoms. The van der Waals surface area contributed by atoms with Crippen LogP contribution in [0.2, 0.25) is 10.3 Å². The third-order valence-electron chi connectivity index (χ3n) is 3.06. The molecular weight excluding hydrogens is 420 g/mol. The van der Waals surface area contributed by atoms with E-state index in [2.05, 4.69) is 10.3 Å². The number of hydrogen-bond donors (Lipinski definition) is 1. The van der Waals surface area contributed by atoms with Crippen LogP contribution in [0.3, 0.4) is 0 Å². The standard InChI is InChI=1S/C14H9Cl2F3N2O4S/c1-25-10-3-2-8(26(23,24)14(17,18)19)6-9(10)20-13(22)7-4-11(15)21-12(16)5-7/h2-6H,1H3,(H,20,22). The Bertz CT molecular complexity index is 945. The molecule has 2 aromatic rings. The van der Waals surface area contributed by atoms with Crippen LogP contribution in [0.1, 0.15) is 10.4 Å². The average molecular weight is 429 g/mol. The van der Waals surface area contributed by atoms with E-state index >= 15 is 0 Å². The van der Waals surface area contributed by atoms with Gasteiger partial charge in [-0.2, -0.15) is 13.2 Å². The van der Waals surface area contributed by atoms with E-state index in [1.165, 1.54) is 19.2 Å². The molecule has 1 aromatic carbocycles. The number of carbonyl (C=O) groups is 1. The zero-order chi connectivity index (χ0) is 19.7. The van der Waals surface area contributed by atoms with E-state index in [9.17, 15) is 26.4 Å². The maximum absolute atomic E-state index is 12.7. The van der Waals surface area contributed by atoms with Gasteiger partial charge in [-0.25, -0.2) is 13.4 Å². The van der Waals surface area contributed by atoms with Gasteiger partial charge < -0.3 is 10.1 Å². The molecule has 0 aliphatic carbocycles. The van der Waals surface area contributed by atoms with Crippen LogP contribution < -0.4 is 10.1 Å². The Labute approximate surface area is 155 Å². The summed E-state index contributed by atoms with van der Waals surface area (Å²) in [5, 5.41) is 2.09. The summed E-state index contributed by atoms with van der Waals surface area (Å²) < 4.78 is 66.1. The number of rotatable bonds is 4. The third-order valence-corrected chi connectivity index (χ3v) is 4.93. The van der Waals surface area contributed by atoms with Crippen molar-refractivity contribution >= 4 is 44.6 Å². The molecule has 2 rings (SSSR count). The van der Waals surface area contributed by atoms with Gasteiger partial charge in [0.1, 0.15) is 16.1 Å². The van der Waals surface area contributed by atoms with Gasteiger partial charge in [0.25, 0.3) is 15.7 Å². The second-order valence-electron chi connectivity index (χ2n) is 4.77. The molecule has 0 saturated carbocycles. The molecule has 1 N–H and O–H groups in total. The van der Waals surface area contributed by atoms with Crippen LogP contribution in [-0.2, 0) is 9.84 Å². The third kappa shape index (κ3) is 4.19. The highest BCUT2D eigenvalue weighted by Crippen LogP contribution is 2.34. The number of amides is 1. The number of ether oxygens (including phenoxy) is 1. The van der Waals surface area contributed by atoms with Crippen LogP contribution in [0.5, 0.6) is 5.75 Å². The normalized spacial score (nSPS) is 11.9. The van der Waals surface area contributed by atoms with Crippen molar-refractivity contribution < 1.29 is 31.1 Å². The van der Waals surface area contributed by atoms with E-state index in [1.54, 1.807) is 0 Å². The van der Waals surface area contributed by atoms with Gasteiger partial charge in [0.15, 0.2) is 0 Å². The largest absolute Gasteiger partial charge is 0.501 e. The van der Waals surface area contributed by atoms with E-state index in [0.29, 0.717) is 6.07 Å². The van der Waals surface area contributed by atoms with Crippen molar-refractivity contribution in [1.29, 1.82) is 0 Å². The average Bonchev–Trinajstić information content (AvgIpc) is 2.52. The van der Waals surface area contributed by atoms with Gasteiger partial charge in [0.05, 0.1) is 17.7 Å². The van der Waals surface area contributed by atoms with E-state index in [-0.39, 0.29) is 27.3 Å². The maximum Gasteiger partial charge on any atom is 0.501 e. The molecule has 0 atom stereocenters. The molecule has 0 aliphatic rings. The van der Waals surface area contributed by atoms with E-state index in [1.807, 2.05) is 0 Å². The Kier molecular flexibility index (Phi) is 5.69. The monoisotopic (exact) mass is 428 g/mol. The van der Waals surface area contributed by atoms with Crippen molar-refractivity contribution in [3.05, 3.63) is 46.2 Å². The minimum absolute atomic E-state index is 0.0406. The minimum atomic E-state index is -5.60. The molecule has 0 fully saturated rings. The summed E-state index contributed by atoms with van der Waals surface area (Å²) in [7, 11) is -4.40. The number of anilines is 1. The molecule has 0 bridgehead atoms. The van der Waals surface area contributed by atoms with Gasteiger partial charge in [-0.05, 0) is 30.3 Å². The lowest BCUT2D eigenvalue weighted by Crippen LogP contribution is -2.23. The molecule has 0 radical (unpaired) electrons. The quantitative estimate of drug-likeness (QED) is 0.745. The number of nitrogens with zero attached hydrogens (tertiary/aromatic N) is 1. The van der Waals surface area contributed by atoms with Crippen molar-refractivity contribution in [2.45, 2.75) is 10.4 Å². The minimum Gasteiger partial charge on any atom is -0.495 e. The molecule has 0 saturated heterocycles. The number of benzene rings is 1. The number of carbonyl (C=O) groups excluding carboxylic acids is 1. The second-order valence-corrected chi connectivity index (χ2v) is 7.48. The Morgan fingerprint density at radius 1 is 1.15 bits per heavy atom. The van der Waals surface area contributed by atoms with Crippen molar-refractivity contribution in [3.8, 4) is 5.75 Å². The topological polar surface area (TPSA) is 85.4 Å². The van der Waals surface area contributed by atoms with Crippen LogP contribution >= 0.6 is 23.2 Å². The van der Waals surface area contributed by atoms with Crippen LogP contribution in [0.4, 0.5) is 18.9 Å². The molecule has 0 aliphatic heterocycles. The highest BCUT2D eigenvalue weighted by molar-refractivity contribution is 7.92. The fraction of sp³-hybridized carbons (Fsp3) is 0.143. The van der Waals surface area contributed by atoms with Gasteiger partial charge >= 0.3 is 5.51 Å². The van der Waals surface area contributed by atoms with Crippen molar-refractivity contribution in [3.63, 3.8) is 0 Å². The molecule has 1 aromatic heterocycles. The van der Waals surface area contributed by atoms with Crippen LogP contribution in [0.25, 0.3) is 0 Å². The number of aromatic nitrogens is 1. The van der Waals surface area contributed by atoms with Crippen molar-refractivity contribution in [2.75, 3.05) is 12.4 Å². The summed E-state index contributed by atoms with van der Waals surface area (Å²) >= 11 is 11.4. The summed E-state index contributed by atoms with van der Waals surface area (Å²) in [4.78, 5) is 14.9. The van der Waals surface area contributed by atoms with Gasteiger partial charge in [0.2, 0.25) is 0 Å². The molecule has 1 heterocycles. The van der Waals surface area contributed by atoms with Crippen LogP contribution in [-0.4, -0.2) is 31.9 Å². The summed E-state index contributed by atoms with van der Waals surface area (Å²) in [6.45, 7) is 0. The van der Waals surface area contributed by atoms with Gasteiger partial charge in [-0.3, -0.25) is 4.79 Å². The summed E-state index contributed by atoms with van der Waals surface area (Å²) in [6.07, 6.45) is 0. The van der Waals surface area contributed by atoms with Crippen molar-refractivity contribution in [1.82, 2.24) is 4.98 Å². The zero-order valence-corrected chi connectivity index (χ0v) is 15.1. The van der Waals surface area contributed by atoms with Crippen LogP contribution in [0.15, 0.2) is 35.2 Å². The van der Waals surface area contributed by atoms with Crippen LogP contribution in [0, 0.1) is 0 Å². The summed E-state index contributed by atoms with van der Waals surface area (Å²) in [6, 6.07) is 4.69. The number of methoxy groups -OCH3 is 1. The lowest BCUT2D eigenvalue weighted by Gasteiger charge is -2.13. The van der Waals surface area contributed by atoms with E-state index < -0.39 is 26.1 Å². The first-order chi connectivity index (χ1) is 12.0. The Morgan fingerprint density at radius 2 is 1.73 bits per heavy atom. The molecule has 140 valence electrons. The predicted molar refractivity (Wildman–Crippen MR) is 88.4 cm³/mol. The Morgan fingerprint density at radius 3 is 2.23 bits per heavy atom. The maximum atomic E-state index is 12.7. The van der Waals surface area contributed by atoms with Gasteiger partial charge in [-0.15, -0.1) is 0 Å². The highest BCUT2D eigenvalue weighted by atomic mass is 35.5. The number of sulfone groups is 1. The number of pyridine rings is 1. The first-order valence-corrected chi connectivity index (χ1v) is 8.83. The smallest absolute Gasteiger partial charge is 0.495 e. The lowest BCUT2D eigenvalue weighted by molar-refractivity contribution is -0.0436. The SMILES string of the molecule is COc1ccc(S(=O)(=O)C(F)(F)F)cc1NC(=O)c1cc(Cl)nc(Cl)c1. The first kappa shape index (κ1) is 20.3. The Balaban J connectivity index is 2.45. The molecule has 12 heteroatoms. The van der Waals surface area contributed by atoms with Gasteiger partial charge in [-0.1, -0.05) is 23.2 Å². The molecule has 0 unspecified atom stereocenters. The molecular formula is C14H9Cl2F3N2O4S. The van der Waals surface area contributed by atoms with Gasteiger partial charge in [0, 0.05) is 5.56 Å². The lowest BCUT2D eigenvalue weighted by atomic mass is 10.2. The molecule has 1 amide bonds. The first-order valence-electron chi connectivity index (χ1n) is 6.59. The van der Waals surface area contributed by atoms with E-state index in [4.69, 9.17) is 27.9 Å². The fourth-order valence-corrected chi connectivity index (χ4v) is 3.12. The number of hydrogen-bond acceptors (Lipinski definition) is 5.